The van der Waals surface area contributed by atoms with E-state index in [1.54, 1.807) is 38.1 Å². The number of carbonyl (C=O) groups excluding carboxylic acids is 1. The standard InChI is InChI=1S/C15H18FN3O2S/c1-9-13(14(17-2)22-18-9)15(20)19(3)8-10-5-6-12(21-4)11(16)7-10/h5-7,17H,8H2,1-4H3. The maximum absolute atomic E-state index is 13.7. The predicted molar refractivity (Wildman–Crippen MR) is 85.1 cm³/mol. The van der Waals surface area contributed by atoms with Crippen molar-refractivity contribution >= 4 is 22.4 Å². The SMILES string of the molecule is CNc1snc(C)c1C(=O)N(C)Cc1ccc(OC)c(F)c1. The highest BCUT2D eigenvalue weighted by molar-refractivity contribution is 7.10. The second-order valence-electron chi connectivity index (χ2n) is 4.85. The number of aromatic nitrogens is 1. The zero-order valence-electron chi connectivity index (χ0n) is 12.9. The number of aryl methyl sites for hydroxylation is 1. The number of nitrogens with one attached hydrogen (secondary N) is 1. The van der Waals surface area contributed by atoms with Crippen LogP contribution in [0, 0.1) is 12.7 Å². The summed E-state index contributed by atoms with van der Waals surface area (Å²) in [6, 6.07) is 4.67. The molecule has 0 unspecified atom stereocenters. The fraction of sp³-hybridized carbons (Fsp3) is 0.333. The van der Waals surface area contributed by atoms with Gasteiger partial charge in [-0.25, -0.2) is 4.39 Å². The smallest absolute Gasteiger partial charge is 0.258 e. The summed E-state index contributed by atoms with van der Waals surface area (Å²) in [5.74, 6) is -0.398. The van der Waals surface area contributed by atoms with Gasteiger partial charge in [0.2, 0.25) is 0 Å². The van der Waals surface area contributed by atoms with Crippen molar-refractivity contribution < 1.29 is 13.9 Å². The quantitative estimate of drug-likeness (QED) is 0.919. The number of anilines is 1. The second kappa shape index (κ2) is 6.74. The van der Waals surface area contributed by atoms with Crippen molar-refractivity contribution in [3.8, 4) is 5.75 Å². The molecule has 118 valence electrons. The molecule has 0 atom stereocenters. The summed E-state index contributed by atoms with van der Waals surface area (Å²) >= 11 is 1.25. The number of carbonyl (C=O) groups is 1. The molecule has 5 nitrogen and oxygen atoms in total. The number of nitrogens with zero attached hydrogens (tertiary/aromatic N) is 2. The van der Waals surface area contributed by atoms with Gasteiger partial charge in [-0.3, -0.25) is 4.79 Å². The van der Waals surface area contributed by atoms with E-state index >= 15 is 0 Å². The first-order valence-electron chi connectivity index (χ1n) is 6.69. The summed E-state index contributed by atoms with van der Waals surface area (Å²) in [6.45, 7) is 2.10. The van der Waals surface area contributed by atoms with Crippen LogP contribution in [-0.2, 0) is 6.54 Å². The van der Waals surface area contributed by atoms with Gasteiger partial charge in [0.1, 0.15) is 5.00 Å². The summed E-state index contributed by atoms with van der Waals surface area (Å²) in [5.41, 5.74) is 1.94. The minimum absolute atomic E-state index is 0.146. The Morgan fingerprint density at radius 2 is 2.23 bits per heavy atom. The Kier molecular flexibility index (Phi) is 4.97. The molecule has 2 rings (SSSR count). The van der Waals surface area contributed by atoms with Crippen LogP contribution >= 0.6 is 11.5 Å². The largest absolute Gasteiger partial charge is 0.494 e. The van der Waals surface area contributed by atoms with E-state index in [1.807, 2.05) is 0 Å². The summed E-state index contributed by atoms with van der Waals surface area (Å²) in [5, 5.41) is 3.70. The first kappa shape index (κ1) is 16.2. The first-order chi connectivity index (χ1) is 10.5. The fourth-order valence-corrected chi connectivity index (χ4v) is 2.87. The molecule has 0 spiro atoms. The molecule has 0 aliphatic heterocycles. The van der Waals surface area contributed by atoms with Gasteiger partial charge < -0.3 is 15.0 Å². The monoisotopic (exact) mass is 323 g/mol. The maximum Gasteiger partial charge on any atom is 0.258 e. The van der Waals surface area contributed by atoms with E-state index in [9.17, 15) is 9.18 Å². The lowest BCUT2D eigenvalue weighted by atomic mass is 10.1. The fourth-order valence-electron chi connectivity index (χ4n) is 2.14. The average Bonchev–Trinajstić information content (AvgIpc) is 2.87. The van der Waals surface area contributed by atoms with Gasteiger partial charge in [-0.1, -0.05) is 6.07 Å². The van der Waals surface area contributed by atoms with Gasteiger partial charge in [0.25, 0.3) is 5.91 Å². The number of halogens is 1. The highest BCUT2D eigenvalue weighted by Gasteiger charge is 2.21. The van der Waals surface area contributed by atoms with Gasteiger partial charge in [0, 0.05) is 20.6 Å². The lowest BCUT2D eigenvalue weighted by Crippen LogP contribution is -2.27. The molecule has 0 aliphatic carbocycles. The second-order valence-corrected chi connectivity index (χ2v) is 5.63. The molecule has 22 heavy (non-hydrogen) atoms. The molecule has 0 fully saturated rings. The average molecular weight is 323 g/mol. The molecule has 0 radical (unpaired) electrons. The topological polar surface area (TPSA) is 54.5 Å². The third-order valence-electron chi connectivity index (χ3n) is 3.29. The molecule has 1 aromatic carbocycles. The molecule has 0 aliphatic rings. The van der Waals surface area contributed by atoms with Gasteiger partial charge in [-0.2, -0.15) is 4.37 Å². The van der Waals surface area contributed by atoms with Crippen molar-refractivity contribution in [1.82, 2.24) is 9.27 Å². The van der Waals surface area contributed by atoms with Crippen LogP contribution < -0.4 is 10.1 Å². The van der Waals surface area contributed by atoms with Crippen molar-refractivity contribution in [3.05, 3.63) is 40.8 Å². The van der Waals surface area contributed by atoms with Gasteiger partial charge in [-0.05, 0) is 36.2 Å². The van der Waals surface area contributed by atoms with E-state index in [0.717, 1.165) is 5.00 Å². The number of amides is 1. The van der Waals surface area contributed by atoms with Crippen LogP contribution in [0.2, 0.25) is 0 Å². The summed E-state index contributed by atoms with van der Waals surface area (Å²) in [7, 11) is 4.85. The van der Waals surface area contributed by atoms with Gasteiger partial charge >= 0.3 is 0 Å². The Balaban J connectivity index is 2.18. The normalized spacial score (nSPS) is 10.4. The minimum Gasteiger partial charge on any atom is -0.494 e. The number of hydrogen-bond donors (Lipinski definition) is 1. The van der Waals surface area contributed by atoms with Gasteiger partial charge in [-0.15, -0.1) is 0 Å². The first-order valence-corrected chi connectivity index (χ1v) is 7.47. The van der Waals surface area contributed by atoms with Crippen molar-refractivity contribution in [3.63, 3.8) is 0 Å². The van der Waals surface area contributed by atoms with E-state index in [0.29, 0.717) is 23.4 Å². The van der Waals surface area contributed by atoms with Crippen molar-refractivity contribution in [2.24, 2.45) is 0 Å². The zero-order chi connectivity index (χ0) is 16.3. The molecule has 0 saturated heterocycles. The highest BCUT2D eigenvalue weighted by Crippen LogP contribution is 2.26. The van der Waals surface area contributed by atoms with Gasteiger partial charge in [0.15, 0.2) is 11.6 Å². The van der Waals surface area contributed by atoms with Crippen LogP contribution in [0.3, 0.4) is 0 Å². The number of ether oxygens (including phenoxy) is 1. The Labute approximate surface area is 132 Å². The van der Waals surface area contributed by atoms with E-state index in [4.69, 9.17) is 4.74 Å². The van der Waals surface area contributed by atoms with Crippen molar-refractivity contribution in [1.29, 1.82) is 0 Å². The third kappa shape index (κ3) is 3.19. The zero-order valence-corrected chi connectivity index (χ0v) is 13.8. The summed E-state index contributed by atoms with van der Waals surface area (Å²) in [4.78, 5) is 14.1. The number of hydrogen-bond acceptors (Lipinski definition) is 5. The molecular weight excluding hydrogens is 305 g/mol. The van der Waals surface area contributed by atoms with Gasteiger partial charge in [0.05, 0.1) is 18.4 Å². The third-order valence-corrected chi connectivity index (χ3v) is 4.24. The molecule has 1 aromatic heterocycles. The molecular formula is C15H18FN3O2S. The lowest BCUT2D eigenvalue weighted by molar-refractivity contribution is 0.0785. The highest BCUT2D eigenvalue weighted by atomic mass is 32.1. The van der Waals surface area contributed by atoms with Crippen LogP contribution in [0.15, 0.2) is 18.2 Å². The van der Waals surface area contributed by atoms with E-state index < -0.39 is 5.82 Å². The van der Waals surface area contributed by atoms with Crippen LogP contribution in [0.1, 0.15) is 21.6 Å². The molecule has 1 heterocycles. The molecule has 7 heteroatoms. The lowest BCUT2D eigenvalue weighted by Gasteiger charge is -2.18. The molecule has 0 saturated carbocycles. The van der Waals surface area contributed by atoms with Crippen molar-refractivity contribution in [2.45, 2.75) is 13.5 Å². The van der Waals surface area contributed by atoms with Crippen molar-refractivity contribution in [2.75, 3.05) is 26.5 Å². The Morgan fingerprint density at radius 3 is 2.82 bits per heavy atom. The molecule has 1 N–H and O–H groups in total. The van der Waals surface area contributed by atoms with E-state index in [1.165, 1.54) is 24.7 Å². The van der Waals surface area contributed by atoms with Crippen LogP contribution in [-0.4, -0.2) is 36.4 Å². The Hall–Kier alpha value is -2.15. The Bertz CT molecular complexity index is 687. The maximum atomic E-state index is 13.7. The van der Waals surface area contributed by atoms with E-state index in [-0.39, 0.29) is 11.7 Å². The predicted octanol–water partition coefficient (Wildman–Crippen LogP) is 2.91. The summed E-state index contributed by atoms with van der Waals surface area (Å²) in [6.07, 6.45) is 0. The molecule has 2 aromatic rings. The Morgan fingerprint density at radius 1 is 1.50 bits per heavy atom. The number of methoxy groups -OCH3 is 1. The molecule has 1 amide bonds. The van der Waals surface area contributed by atoms with Crippen LogP contribution in [0.4, 0.5) is 9.39 Å². The molecule has 0 bridgehead atoms. The van der Waals surface area contributed by atoms with Crippen LogP contribution in [0.25, 0.3) is 0 Å². The number of benzene rings is 1. The summed E-state index contributed by atoms with van der Waals surface area (Å²) < 4.78 is 22.8. The minimum atomic E-state index is -0.440. The van der Waals surface area contributed by atoms with E-state index in [2.05, 4.69) is 9.69 Å². The van der Waals surface area contributed by atoms with Crippen LogP contribution in [0.5, 0.6) is 5.75 Å². The number of rotatable bonds is 5.